The van der Waals surface area contributed by atoms with Crippen LogP contribution in [-0.4, -0.2) is 58.2 Å². The minimum Gasteiger partial charge on any atom is -0.497 e. The van der Waals surface area contributed by atoms with Gasteiger partial charge in [0.15, 0.2) is 11.2 Å². The quantitative estimate of drug-likeness (QED) is 0.121. The van der Waals surface area contributed by atoms with Gasteiger partial charge in [-0.15, -0.1) is 0 Å². The van der Waals surface area contributed by atoms with Crippen LogP contribution < -0.4 is 15.1 Å². The number of hydrogen-bond acceptors (Lipinski definition) is 7. The molecule has 0 aromatic heterocycles. The van der Waals surface area contributed by atoms with Gasteiger partial charge in [0, 0.05) is 18.4 Å². The maximum absolute atomic E-state index is 14.4. The number of ketones is 1. The summed E-state index contributed by atoms with van der Waals surface area (Å²) >= 11 is 0. The third-order valence-corrected chi connectivity index (χ3v) is 16.6. The van der Waals surface area contributed by atoms with Gasteiger partial charge in [0.05, 0.1) is 33.0 Å². The number of ether oxygens (including phenoxy) is 3. The lowest BCUT2D eigenvalue weighted by atomic mass is 9.59. The van der Waals surface area contributed by atoms with Crippen LogP contribution in [0, 0.1) is 22.7 Å². The zero-order valence-electron chi connectivity index (χ0n) is 29.8. The summed E-state index contributed by atoms with van der Waals surface area (Å²) in [5.41, 5.74) is 0.319. The van der Waals surface area contributed by atoms with Crippen molar-refractivity contribution in [1.82, 2.24) is 0 Å². The lowest BCUT2D eigenvalue weighted by molar-refractivity contribution is -0.169. The van der Waals surface area contributed by atoms with E-state index in [-0.39, 0.29) is 35.9 Å². The highest BCUT2D eigenvalue weighted by atomic mass is 28.4. The van der Waals surface area contributed by atoms with Crippen LogP contribution in [0.15, 0.2) is 96.1 Å². The van der Waals surface area contributed by atoms with Gasteiger partial charge < -0.3 is 23.7 Å². The van der Waals surface area contributed by atoms with Crippen LogP contribution in [0.2, 0.25) is 5.04 Å². The van der Waals surface area contributed by atoms with E-state index in [1.54, 1.807) is 7.11 Å². The normalized spacial score (nSPS) is 28.3. The number of rotatable bonds is 10. The molecule has 3 aromatic carbocycles. The first-order chi connectivity index (χ1) is 23.3. The third kappa shape index (κ3) is 5.71. The van der Waals surface area contributed by atoms with Crippen LogP contribution >= 0.6 is 0 Å². The van der Waals surface area contributed by atoms with Crippen molar-refractivity contribution in [2.45, 2.75) is 77.7 Å². The number of benzene rings is 3. The third-order valence-electron chi connectivity index (χ3n) is 11.6. The van der Waals surface area contributed by atoms with E-state index in [1.165, 1.54) is 7.11 Å². The molecule has 3 aromatic rings. The number of fused-ring (bicyclic) bond motifs is 1. The standard InChI is InChI=1S/C41H50O7Si/c1-27-22-33(47-25-28-18-20-29(45-6)21-19-28)32-23-34-40(5,24-35(42)41(34,38(44)46-7)37(43)36(27)32)26-48-49(39(2,3)4,30-14-10-8-11-15-30)31-16-12-9-13-17-31/h8-21,27,33-34,37,43H,22-26H2,1-7H3/t27-,33+,34+,37+,40+,41-/m0/s1. The molecule has 0 spiro atoms. The Kier molecular flexibility index (Phi) is 9.56. The molecule has 1 N–H and O–H groups in total. The summed E-state index contributed by atoms with van der Waals surface area (Å²) in [6.07, 6.45) is -0.305. The van der Waals surface area contributed by atoms with Crippen molar-refractivity contribution in [2.75, 3.05) is 20.8 Å². The predicted octanol–water partition coefficient (Wildman–Crippen LogP) is 6.01. The predicted molar refractivity (Wildman–Crippen MR) is 192 cm³/mol. The van der Waals surface area contributed by atoms with E-state index < -0.39 is 37.1 Å². The molecule has 0 heterocycles. The van der Waals surface area contributed by atoms with Crippen LogP contribution in [0.1, 0.15) is 59.4 Å². The second-order valence-electron chi connectivity index (χ2n) is 15.5. The Labute approximate surface area is 291 Å². The van der Waals surface area contributed by atoms with Gasteiger partial charge in [-0.25, -0.2) is 0 Å². The molecule has 0 aliphatic heterocycles. The van der Waals surface area contributed by atoms with Crippen molar-refractivity contribution in [3.8, 4) is 5.75 Å². The Morgan fingerprint density at radius 3 is 2.06 bits per heavy atom. The number of aliphatic hydroxyl groups is 1. The van der Waals surface area contributed by atoms with Gasteiger partial charge in [-0.3, -0.25) is 9.59 Å². The monoisotopic (exact) mass is 682 g/mol. The molecule has 3 aliphatic carbocycles. The molecule has 0 radical (unpaired) electrons. The van der Waals surface area contributed by atoms with Crippen LogP contribution in [0.3, 0.4) is 0 Å². The first-order valence-corrected chi connectivity index (χ1v) is 19.3. The molecule has 0 unspecified atom stereocenters. The number of carbonyl (C=O) groups excluding carboxylic acids is 2. The van der Waals surface area contributed by atoms with Crippen molar-refractivity contribution < 1.29 is 33.3 Å². The van der Waals surface area contributed by atoms with Gasteiger partial charge >= 0.3 is 5.97 Å². The number of esters is 1. The molecule has 260 valence electrons. The smallest absolute Gasteiger partial charge is 0.322 e. The Hall–Kier alpha value is -3.56. The molecule has 3 aliphatic rings. The van der Waals surface area contributed by atoms with Gasteiger partial charge in [0.2, 0.25) is 0 Å². The van der Waals surface area contributed by atoms with Crippen molar-refractivity contribution in [3.05, 3.63) is 102 Å². The maximum atomic E-state index is 14.4. The van der Waals surface area contributed by atoms with E-state index in [0.29, 0.717) is 19.4 Å². The fourth-order valence-electron chi connectivity index (χ4n) is 9.19. The molecule has 0 amide bonds. The fourth-order valence-corrected chi connectivity index (χ4v) is 13.9. The second-order valence-corrected chi connectivity index (χ2v) is 19.8. The average molecular weight is 683 g/mol. The van der Waals surface area contributed by atoms with Crippen LogP contribution in [0.4, 0.5) is 0 Å². The van der Waals surface area contributed by atoms with Gasteiger partial charge in [-0.05, 0) is 68.9 Å². The second kappa shape index (κ2) is 13.3. The molecule has 6 atom stereocenters. The minimum atomic E-state index is -2.96. The lowest BCUT2D eigenvalue weighted by Gasteiger charge is -2.48. The molecular weight excluding hydrogens is 633 g/mol. The topological polar surface area (TPSA) is 91.3 Å². The van der Waals surface area contributed by atoms with Crippen molar-refractivity contribution in [1.29, 1.82) is 0 Å². The van der Waals surface area contributed by atoms with Gasteiger partial charge in [-0.2, -0.15) is 0 Å². The molecule has 6 rings (SSSR count). The van der Waals surface area contributed by atoms with Crippen molar-refractivity contribution in [2.24, 2.45) is 22.7 Å². The number of Topliss-reactive ketones (excluding diaryl/α,β-unsaturated/α-hetero) is 1. The number of hydrogen-bond donors (Lipinski definition) is 1. The van der Waals surface area contributed by atoms with Gasteiger partial charge in [-0.1, -0.05) is 107 Å². The highest BCUT2D eigenvalue weighted by Crippen LogP contribution is 2.63. The van der Waals surface area contributed by atoms with E-state index in [0.717, 1.165) is 32.8 Å². The molecule has 8 heteroatoms. The highest BCUT2D eigenvalue weighted by molar-refractivity contribution is 6.99. The van der Waals surface area contributed by atoms with E-state index in [2.05, 4.69) is 76.2 Å². The first kappa shape index (κ1) is 35.3. The maximum Gasteiger partial charge on any atom is 0.322 e. The van der Waals surface area contributed by atoms with Crippen LogP contribution in [0.5, 0.6) is 5.75 Å². The van der Waals surface area contributed by atoms with Crippen molar-refractivity contribution in [3.63, 3.8) is 0 Å². The van der Waals surface area contributed by atoms with Crippen molar-refractivity contribution >= 4 is 30.4 Å². The average Bonchev–Trinajstić information content (AvgIpc) is 3.54. The van der Waals surface area contributed by atoms with Crippen LogP contribution in [-0.2, 0) is 30.1 Å². The van der Waals surface area contributed by atoms with E-state index in [9.17, 15) is 14.7 Å². The number of methoxy groups -OCH3 is 2. The molecule has 49 heavy (non-hydrogen) atoms. The molecule has 1 fully saturated rings. The first-order valence-electron chi connectivity index (χ1n) is 17.4. The minimum absolute atomic E-state index is 0.0543. The molecule has 0 bridgehead atoms. The SMILES string of the molecule is COC(=O)[C@]12C(=O)C[C@](C)(CO[Si](c3ccccc3)(c3ccccc3)C(C)(C)C)[C@H]1CC1=C([C@H]2O)[C@@H](C)C[C@H]1OCc1ccc(OC)cc1. The Bertz CT molecular complexity index is 1660. The lowest BCUT2D eigenvalue weighted by Crippen LogP contribution is -2.67. The summed E-state index contributed by atoms with van der Waals surface area (Å²) in [6.45, 7) is 11.4. The molecular formula is C41H50O7Si. The Morgan fingerprint density at radius 1 is 0.939 bits per heavy atom. The molecule has 1 saturated carbocycles. The molecule has 0 saturated heterocycles. The Balaban J connectivity index is 1.39. The number of carbonyl (C=O) groups is 2. The summed E-state index contributed by atoms with van der Waals surface area (Å²) < 4.78 is 24.7. The Morgan fingerprint density at radius 2 is 1.53 bits per heavy atom. The number of aliphatic hydroxyl groups excluding tert-OH is 1. The zero-order chi connectivity index (χ0) is 35.2. The fraction of sp³-hybridized carbons (Fsp3) is 0.463. The van der Waals surface area contributed by atoms with E-state index >= 15 is 0 Å². The summed E-state index contributed by atoms with van der Waals surface area (Å²) in [5.74, 6) is -0.744. The highest BCUT2D eigenvalue weighted by Gasteiger charge is 2.72. The summed E-state index contributed by atoms with van der Waals surface area (Å²) in [6, 6.07) is 28.6. The van der Waals surface area contributed by atoms with Gasteiger partial charge in [0.25, 0.3) is 8.32 Å². The van der Waals surface area contributed by atoms with E-state index in [4.69, 9.17) is 18.6 Å². The summed E-state index contributed by atoms with van der Waals surface area (Å²) in [5, 5.41) is 14.3. The zero-order valence-corrected chi connectivity index (χ0v) is 30.8. The van der Waals surface area contributed by atoms with E-state index in [1.807, 2.05) is 43.3 Å². The van der Waals surface area contributed by atoms with Gasteiger partial charge in [0.1, 0.15) is 5.75 Å². The largest absolute Gasteiger partial charge is 0.497 e. The summed E-state index contributed by atoms with van der Waals surface area (Å²) in [4.78, 5) is 28.3. The van der Waals surface area contributed by atoms with Crippen LogP contribution in [0.25, 0.3) is 0 Å². The molecule has 7 nitrogen and oxygen atoms in total. The summed E-state index contributed by atoms with van der Waals surface area (Å²) in [7, 11) is -0.00981.